The topological polar surface area (TPSA) is 86.1 Å². The Balaban J connectivity index is 1.15. The Hall–Kier alpha value is -4.08. The van der Waals surface area contributed by atoms with Crippen molar-refractivity contribution in [1.82, 2.24) is 24.5 Å². The summed E-state index contributed by atoms with van der Waals surface area (Å²) < 4.78 is 1.73. The van der Waals surface area contributed by atoms with Crippen molar-refractivity contribution in [3.05, 3.63) is 83.4 Å². The first-order chi connectivity index (χ1) is 19.9. The molecule has 1 N–H and O–H groups in total. The Morgan fingerprint density at radius 2 is 1.66 bits per heavy atom. The molecule has 6 rings (SSSR count). The molecule has 4 heterocycles. The molecule has 2 aromatic carbocycles. The molecule has 0 radical (unpaired) electrons. The first-order valence-corrected chi connectivity index (χ1v) is 14.4. The van der Waals surface area contributed by atoms with Crippen LogP contribution in [0.5, 0.6) is 0 Å². The molecule has 9 nitrogen and oxygen atoms in total. The number of rotatable bonds is 5. The molecule has 0 bridgehead atoms. The summed E-state index contributed by atoms with van der Waals surface area (Å²) in [6.07, 6.45) is 2.43. The number of piperidine rings is 1. The summed E-state index contributed by atoms with van der Waals surface area (Å²) in [5.74, 6) is 0.0892. The van der Waals surface area contributed by atoms with Gasteiger partial charge in [0.05, 0.1) is 17.8 Å². The average Bonchev–Trinajstić information content (AvgIpc) is 3.40. The summed E-state index contributed by atoms with van der Waals surface area (Å²) in [5, 5.41) is 7.72. The maximum absolute atomic E-state index is 13.3. The van der Waals surface area contributed by atoms with Crippen molar-refractivity contribution < 1.29 is 9.59 Å². The Bertz CT molecular complexity index is 1540. The van der Waals surface area contributed by atoms with Crippen molar-refractivity contribution >= 4 is 23.2 Å². The molecule has 3 aliphatic heterocycles. The van der Waals surface area contributed by atoms with Crippen molar-refractivity contribution in [2.24, 2.45) is 4.99 Å². The van der Waals surface area contributed by atoms with E-state index in [0.29, 0.717) is 29.2 Å². The molecule has 0 unspecified atom stereocenters. The zero-order valence-electron chi connectivity index (χ0n) is 23.8. The molecular formula is C32H37N7O2. The van der Waals surface area contributed by atoms with Crippen LogP contribution >= 0.6 is 0 Å². The second kappa shape index (κ2) is 11.4. The zero-order chi connectivity index (χ0) is 28.5. The van der Waals surface area contributed by atoms with Gasteiger partial charge in [-0.05, 0) is 61.9 Å². The van der Waals surface area contributed by atoms with E-state index < -0.39 is 0 Å². The molecule has 0 saturated carbocycles. The fraction of sp³-hybridized carbons (Fsp3) is 0.375. The van der Waals surface area contributed by atoms with Crippen LogP contribution < -0.4 is 10.8 Å². The summed E-state index contributed by atoms with van der Waals surface area (Å²) >= 11 is 0. The van der Waals surface area contributed by atoms with E-state index in [4.69, 9.17) is 5.10 Å². The Morgan fingerprint density at radius 1 is 0.951 bits per heavy atom. The first-order valence-electron chi connectivity index (χ1n) is 14.4. The molecule has 212 valence electrons. The van der Waals surface area contributed by atoms with Gasteiger partial charge in [0.1, 0.15) is 5.49 Å². The molecule has 3 aliphatic rings. The summed E-state index contributed by atoms with van der Waals surface area (Å²) in [6, 6.07) is 17.9. The van der Waals surface area contributed by atoms with Crippen molar-refractivity contribution in [3.8, 4) is 11.3 Å². The van der Waals surface area contributed by atoms with E-state index in [-0.39, 0.29) is 11.8 Å². The molecule has 0 aliphatic carbocycles. The van der Waals surface area contributed by atoms with E-state index in [9.17, 15) is 9.59 Å². The van der Waals surface area contributed by atoms with Crippen LogP contribution in [0, 0.1) is 0 Å². The first kappa shape index (κ1) is 27.1. The number of fused-ring (bicyclic) bond motifs is 1. The summed E-state index contributed by atoms with van der Waals surface area (Å²) in [4.78, 5) is 36.5. The molecule has 0 spiro atoms. The quantitative estimate of drug-likeness (QED) is 0.527. The fourth-order valence-corrected chi connectivity index (χ4v) is 6.06. The normalized spacial score (nSPS) is 18.8. The van der Waals surface area contributed by atoms with Crippen molar-refractivity contribution in [2.45, 2.75) is 25.3 Å². The van der Waals surface area contributed by atoms with Crippen LogP contribution in [0.1, 0.15) is 34.3 Å². The molecule has 1 aromatic heterocycles. The lowest BCUT2D eigenvalue weighted by molar-refractivity contribution is -0.115. The number of benzene rings is 2. The van der Waals surface area contributed by atoms with E-state index in [2.05, 4.69) is 33.7 Å². The number of aromatic nitrogens is 2. The van der Waals surface area contributed by atoms with Gasteiger partial charge in [0, 0.05) is 74.7 Å². The van der Waals surface area contributed by atoms with E-state index in [1.165, 1.54) is 0 Å². The van der Waals surface area contributed by atoms with Gasteiger partial charge in [0.15, 0.2) is 0 Å². The Kier molecular flexibility index (Phi) is 7.55. The van der Waals surface area contributed by atoms with E-state index in [0.717, 1.165) is 80.2 Å². The summed E-state index contributed by atoms with van der Waals surface area (Å²) in [5.41, 5.74) is 6.35. The molecule has 41 heavy (non-hydrogen) atoms. The van der Waals surface area contributed by atoms with Crippen LogP contribution in [0.15, 0.2) is 66.2 Å². The second-order valence-corrected chi connectivity index (χ2v) is 11.2. The number of likely N-dealkylation sites (N-methyl/N-ethyl adjacent to an activating group) is 1. The SMILES string of the molecule is C=C(c1ccc2c(c1)CC(=O)N2)n1nc(-c2ccc(C(=O)N3CCC(N4CCN(C)CC4)CC3)cc2)ccc1=NC. The lowest BCUT2D eigenvalue weighted by Crippen LogP contribution is -2.52. The highest BCUT2D eigenvalue weighted by Crippen LogP contribution is 2.27. The highest BCUT2D eigenvalue weighted by Gasteiger charge is 2.29. The molecule has 2 amide bonds. The van der Waals surface area contributed by atoms with E-state index in [1.54, 1.807) is 11.7 Å². The third-order valence-corrected chi connectivity index (χ3v) is 8.60. The number of anilines is 1. The molecule has 2 saturated heterocycles. The third-order valence-electron chi connectivity index (χ3n) is 8.60. The van der Waals surface area contributed by atoms with Crippen LogP contribution in [0.25, 0.3) is 17.0 Å². The van der Waals surface area contributed by atoms with Gasteiger partial charge >= 0.3 is 0 Å². The number of piperazine rings is 1. The van der Waals surface area contributed by atoms with Gasteiger partial charge in [-0.25, -0.2) is 4.68 Å². The van der Waals surface area contributed by atoms with Crippen LogP contribution in [0.3, 0.4) is 0 Å². The van der Waals surface area contributed by atoms with Crippen LogP contribution in [-0.4, -0.2) is 95.7 Å². The molecule has 2 fully saturated rings. The van der Waals surface area contributed by atoms with Gasteiger partial charge in [-0.2, -0.15) is 5.10 Å². The van der Waals surface area contributed by atoms with E-state index in [1.807, 2.05) is 59.5 Å². The standard InChI is InChI=1S/C32H37N7O2/c1-22(25-8-9-28-26(20-25)21-31(40)34-28)39-30(33-2)11-10-29(35-39)23-4-6-24(7-5-23)32(41)38-14-12-27(13-15-38)37-18-16-36(3)17-19-37/h4-11,20,27H,1,12-19,21H2,2-3H3,(H,34,40). The average molecular weight is 552 g/mol. The van der Waals surface area contributed by atoms with Crippen LogP contribution in [0.2, 0.25) is 0 Å². The number of carbonyl (C=O) groups is 2. The van der Waals surface area contributed by atoms with Crippen LogP contribution in [-0.2, 0) is 11.2 Å². The van der Waals surface area contributed by atoms with E-state index >= 15 is 0 Å². The maximum Gasteiger partial charge on any atom is 0.253 e. The van der Waals surface area contributed by atoms with Gasteiger partial charge in [-0.15, -0.1) is 0 Å². The number of amides is 2. The zero-order valence-corrected chi connectivity index (χ0v) is 23.8. The molecule has 3 aromatic rings. The lowest BCUT2D eigenvalue weighted by Gasteiger charge is -2.42. The minimum atomic E-state index is -0.00292. The highest BCUT2D eigenvalue weighted by atomic mass is 16.2. The lowest BCUT2D eigenvalue weighted by atomic mass is 10.0. The fourth-order valence-electron chi connectivity index (χ4n) is 6.06. The second-order valence-electron chi connectivity index (χ2n) is 11.2. The Labute approximate surface area is 240 Å². The van der Waals surface area contributed by atoms with Gasteiger partial charge in [0.25, 0.3) is 5.91 Å². The van der Waals surface area contributed by atoms with Gasteiger partial charge in [-0.3, -0.25) is 19.5 Å². The van der Waals surface area contributed by atoms with Gasteiger partial charge < -0.3 is 15.1 Å². The van der Waals surface area contributed by atoms with Crippen molar-refractivity contribution in [3.63, 3.8) is 0 Å². The molecule has 9 heteroatoms. The minimum Gasteiger partial charge on any atom is -0.339 e. The van der Waals surface area contributed by atoms with Gasteiger partial charge in [0.2, 0.25) is 5.91 Å². The molecule has 0 atom stereocenters. The molecular weight excluding hydrogens is 514 g/mol. The van der Waals surface area contributed by atoms with Crippen molar-refractivity contribution in [2.75, 3.05) is 58.7 Å². The predicted molar refractivity (Wildman–Crippen MR) is 160 cm³/mol. The number of nitrogens with zero attached hydrogens (tertiary/aromatic N) is 6. The predicted octanol–water partition coefficient (Wildman–Crippen LogP) is 2.95. The smallest absolute Gasteiger partial charge is 0.253 e. The third kappa shape index (κ3) is 5.60. The number of likely N-dealkylation sites (tertiary alicyclic amines) is 1. The largest absolute Gasteiger partial charge is 0.339 e. The summed E-state index contributed by atoms with van der Waals surface area (Å²) in [7, 11) is 3.91. The Morgan fingerprint density at radius 3 is 2.37 bits per heavy atom. The number of carbonyl (C=O) groups excluding carboxylic acids is 2. The maximum atomic E-state index is 13.3. The number of hydrogen-bond acceptors (Lipinski definition) is 6. The van der Waals surface area contributed by atoms with Crippen LogP contribution in [0.4, 0.5) is 5.69 Å². The van der Waals surface area contributed by atoms with Crippen molar-refractivity contribution in [1.29, 1.82) is 0 Å². The number of hydrogen-bond donors (Lipinski definition) is 1. The number of nitrogens with one attached hydrogen (secondary N) is 1. The minimum absolute atomic E-state index is 0.00292. The monoisotopic (exact) mass is 551 g/mol. The summed E-state index contributed by atoms with van der Waals surface area (Å²) in [6.45, 7) is 10.4. The van der Waals surface area contributed by atoms with Gasteiger partial charge in [-0.1, -0.05) is 24.8 Å². The highest BCUT2D eigenvalue weighted by molar-refractivity contribution is 5.99.